The highest BCUT2D eigenvalue weighted by Crippen LogP contribution is 2.26. The van der Waals surface area contributed by atoms with E-state index in [0.29, 0.717) is 18.9 Å². The molecule has 4 heteroatoms. The molecule has 0 unspecified atom stereocenters. The molecule has 1 atom stereocenters. The summed E-state index contributed by atoms with van der Waals surface area (Å²) < 4.78 is 5.90. The van der Waals surface area contributed by atoms with Gasteiger partial charge < -0.3 is 15.2 Å². The molecule has 1 fully saturated rings. The topological polar surface area (TPSA) is 58.6 Å². The van der Waals surface area contributed by atoms with Gasteiger partial charge in [-0.1, -0.05) is 31.4 Å². The molecule has 122 valence electrons. The normalized spacial score (nSPS) is 17.0. The molecule has 2 rings (SSSR count). The van der Waals surface area contributed by atoms with Crippen LogP contribution in [0, 0.1) is 5.92 Å². The lowest BCUT2D eigenvalue weighted by molar-refractivity contribution is -0.119. The summed E-state index contributed by atoms with van der Waals surface area (Å²) in [4.78, 5) is 10.8. The Morgan fingerprint density at radius 3 is 2.86 bits per heavy atom. The van der Waals surface area contributed by atoms with Gasteiger partial charge in [0.25, 0.3) is 0 Å². The second-order valence-electron chi connectivity index (χ2n) is 6.17. The Balaban J connectivity index is 1.81. The van der Waals surface area contributed by atoms with E-state index in [9.17, 15) is 9.90 Å². The summed E-state index contributed by atoms with van der Waals surface area (Å²) in [5.41, 5.74) is 0.839. The Morgan fingerprint density at radius 1 is 1.36 bits per heavy atom. The van der Waals surface area contributed by atoms with Crippen LogP contribution in [0.4, 0.5) is 0 Å². The molecule has 2 N–H and O–H groups in total. The van der Waals surface area contributed by atoms with Gasteiger partial charge >= 0.3 is 0 Å². The van der Waals surface area contributed by atoms with Crippen molar-refractivity contribution in [1.29, 1.82) is 0 Å². The molecule has 0 radical (unpaired) electrons. The predicted octanol–water partition coefficient (Wildman–Crippen LogP) is 3.21. The van der Waals surface area contributed by atoms with E-state index in [4.69, 9.17) is 4.74 Å². The molecule has 1 aromatic carbocycles. The number of nitrogens with one attached hydrogen (secondary N) is 1. The fourth-order valence-corrected chi connectivity index (χ4v) is 2.93. The molecule has 4 nitrogen and oxygen atoms in total. The molecule has 1 aliphatic carbocycles. The van der Waals surface area contributed by atoms with Crippen molar-refractivity contribution in [3.8, 4) is 5.75 Å². The van der Waals surface area contributed by atoms with Crippen LogP contribution in [0.5, 0.6) is 5.75 Å². The van der Waals surface area contributed by atoms with Crippen LogP contribution in [0.2, 0.25) is 0 Å². The van der Waals surface area contributed by atoms with Crippen LogP contribution in [-0.2, 0) is 4.79 Å². The van der Waals surface area contributed by atoms with Gasteiger partial charge in [-0.15, -0.1) is 0 Å². The zero-order chi connectivity index (χ0) is 15.8. The number of aliphatic hydroxyl groups is 1. The van der Waals surface area contributed by atoms with Gasteiger partial charge in [0.2, 0.25) is 5.91 Å². The van der Waals surface area contributed by atoms with Crippen molar-refractivity contribution >= 4 is 5.91 Å². The Hall–Kier alpha value is -1.55. The lowest BCUT2D eigenvalue weighted by Gasteiger charge is -2.22. The molecule has 1 aromatic rings. The molecule has 1 amide bonds. The minimum absolute atomic E-state index is 0.0724. The lowest BCUT2D eigenvalue weighted by atomic mass is 9.90. The summed E-state index contributed by atoms with van der Waals surface area (Å²) in [7, 11) is 0. The van der Waals surface area contributed by atoms with Gasteiger partial charge in [-0.05, 0) is 42.9 Å². The maximum Gasteiger partial charge on any atom is 0.216 e. The highest BCUT2D eigenvalue weighted by molar-refractivity contribution is 5.72. The van der Waals surface area contributed by atoms with Crippen molar-refractivity contribution in [3.63, 3.8) is 0 Å². The van der Waals surface area contributed by atoms with Gasteiger partial charge in [-0.2, -0.15) is 0 Å². The van der Waals surface area contributed by atoms with Gasteiger partial charge in [0.05, 0.1) is 12.7 Å². The Kier molecular flexibility index (Phi) is 6.72. The molecule has 0 spiro atoms. The van der Waals surface area contributed by atoms with E-state index in [1.54, 1.807) is 0 Å². The number of hydrogen-bond acceptors (Lipinski definition) is 3. The Labute approximate surface area is 132 Å². The molecular weight excluding hydrogens is 278 g/mol. The number of rotatable bonds is 7. The smallest absolute Gasteiger partial charge is 0.216 e. The highest BCUT2D eigenvalue weighted by Gasteiger charge is 2.14. The quantitative estimate of drug-likeness (QED) is 0.813. The first-order chi connectivity index (χ1) is 10.6. The predicted molar refractivity (Wildman–Crippen MR) is 86.8 cm³/mol. The van der Waals surface area contributed by atoms with E-state index in [0.717, 1.165) is 17.9 Å². The number of carbonyl (C=O) groups excluding carboxylic acids is 1. The number of aliphatic hydroxyl groups excluding tert-OH is 1. The average molecular weight is 305 g/mol. The minimum Gasteiger partial charge on any atom is -0.493 e. The molecule has 0 saturated heterocycles. The van der Waals surface area contributed by atoms with Gasteiger partial charge in [0.1, 0.15) is 5.75 Å². The second kappa shape index (κ2) is 8.79. The molecular formula is C18H27NO3. The third-order valence-electron chi connectivity index (χ3n) is 4.25. The zero-order valence-corrected chi connectivity index (χ0v) is 13.4. The Bertz CT molecular complexity index is 469. The summed E-state index contributed by atoms with van der Waals surface area (Å²) >= 11 is 0. The van der Waals surface area contributed by atoms with Crippen LogP contribution >= 0.6 is 0 Å². The first-order valence-electron chi connectivity index (χ1n) is 8.30. The van der Waals surface area contributed by atoms with Crippen LogP contribution in [0.1, 0.15) is 57.1 Å². The Morgan fingerprint density at radius 2 is 2.14 bits per heavy atom. The van der Waals surface area contributed by atoms with Crippen LogP contribution in [0.3, 0.4) is 0 Å². The molecule has 1 saturated carbocycles. The summed E-state index contributed by atoms with van der Waals surface area (Å²) in [6, 6.07) is 7.65. The van der Waals surface area contributed by atoms with E-state index >= 15 is 0 Å². The van der Waals surface area contributed by atoms with Crippen LogP contribution in [-0.4, -0.2) is 24.2 Å². The van der Waals surface area contributed by atoms with E-state index in [1.165, 1.54) is 39.0 Å². The standard InChI is InChI=1S/C18H27NO3/c1-14(20)19-11-10-18(21)16-8-5-9-17(12-16)22-13-15-6-3-2-4-7-15/h5,8-9,12,15,18,21H,2-4,6-7,10-11,13H2,1H3,(H,19,20)/t18-/m1/s1. The first kappa shape index (κ1) is 16.8. The molecule has 0 aromatic heterocycles. The third-order valence-corrected chi connectivity index (χ3v) is 4.25. The number of benzene rings is 1. The van der Waals surface area contributed by atoms with E-state index in [2.05, 4.69) is 5.32 Å². The van der Waals surface area contributed by atoms with Crippen molar-refractivity contribution in [2.75, 3.05) is 13.2 Å². The summed E-state index contributed by atoms with van der Waals surface area (Å²) in [5, 5.41) is 12.9. The van der Waals surface area contributed by atoms with E-state index in [1.807, 2.05) is 24.3 Å². The molecule has 1 aliphatic rings. The molecule has 0 aliphatic heterocycles. The molecule has 22 heavy (non-hydrogen) atoms. The monoisotopic (exact) mass is 305 g/mol. The number of carbonyl (C=O) groups is 1. The third kappa shape index (κ3) is 5.68. The van der Waals surface area contributed by atoms with Crippen molar-refractivity contribution in [1.82, 2.24) is 5.32 Å². The summed E-state index contributed by atoms with van der Waals surface area (Å²) in [5.74, 6) is 1.42. The largest absolute Gasteiger partial charge is 0.493 e. The number of hydrogen-bond donors (Lipinski definition) is 2. The highest BCUT2D eigenvalue weighted by atomic mass is 16.5. The molecule has 0 bridgehead atoms. The summed E-state index contributed by atoms with van der Waals surface area (Å²) in [6.45, 7) is 2.72. The van der Waals surface area contributed by atoms with Crippen molar-refractivity contribution in [2.45, 2.75) is 51.6 Å². The van der Waals surface area contributed by atoms with Crippen LogP contribution < -0.4 is 10.1 Å². The number of amides is 1. The maximum atomic E-state index is 10.8. The SMILES string of the molecule is CC(=O)NCC[C@@H](O)c1cccc(OCC2CCCCC2)c1. The number of ether oxygens (including phenoxy) is 1. The van der Waals surface area contributed by atoms with Gasteiger partial charge in [-0.25, -0.2) is 0 Å². The minimum atomic E-state index is -0.579. The molecule has 0 heterocycles. The van der Waals surface area contributed by atoms with Gasteiger partial charge in [0, 0.05) is 13.5 Å². The van der Waals surface area contributed by atoms with E-state index in [-0.39, 0.29) is 5.91 Å². The first-order valence-corrected chi connectivity index (χ1v) is 8.30. The van der Waals surface area contributed by atoms with Crippen molar-refractivity contribution in [2.24, 2.45) is 5.92 Å². The maximum absolute atomic E-state index is 10.8. The average Bonchev–Trinajstić information content (AvgIpc) is 2.54. The van der Waals surface area contributed by atoms with E-state index < -0.39 is 6.10 Å². The van der Waals surface area contributed by atoms with Crippen LogP contribution in [0.15, 0.2) is 24.3 Å². The van der Waals surface area contributed by atoms with Gasteiger partial charge in [0.15, 0.2) is 0 Å². The summed E-state index contributed by atoms with van der Waals surface area (Å²) in [6.07, 6.45) is 6.44. The fourth-order valence-electron chi connectivity index (χ4n) is 2.93. The van der Waals surface area contributed by atoms with Crippen molar-refractivity contribution < 1.29 is 14.6 Å². The second-order valence-corrected chi connectivity index (χ2v) is 6.17. The lowest BCUT2D eigenvalue weighted by Crippen LogP contribution is -2.22. The van der Waals surface area contributed by atoms with Crippen molar-refractivity contribution in [3.05, 3.63) is 29.8 Å². The zero-order valence-electron chi connectivity index (χ0n) is 13.4. The van der Waals surface area contributed by atoms with Crippen LogP contribution in [0.25, 0.3) is 0 Å². The fraction of sp³-hybridized carbons (Fsp3) is 0.611. The van der Waals surface area contributed by atoms with Gasteiger partial charge in [-0.3, -0.25) is 4.79 Å².